The monoisotopic (exact) mass is 235 g/mol. The van der Waals surface area contributed by atoms with Crippen molar-refractivity contribution >= 4 is 23.6 Å². The van der Waals surface area contributed by atoms with Crippen molar-refractivity contribution in [2.45, 2.75) is 13.0 Å². The first-order valence-electron chi connectivity index (χ1n) is 5.08. The van der Waals surface area contributed by atoms with E-state index in [0.717, 1.165) is 11.3 Å². The second kappa shape index (κ2) is 4.59. The van der Waals surface area contributed by atoms with Gasteiger partial charge in [0.25, 0.3) is 0 Å². The lowest BCUT2D eigenvalue weighted by Gasteiger charge is -2.11. The Morgan fingerprint density at radius 1 is 1.44 bits per heavy atom. The van der Waals surface area contributed by atoms with Gasteiger partial charge in [0.2, 0.25) is 5.91 Å². The standard InChI is InChI=1S/C11H13N3OS/c1-7-2-4-8-9(5-3-7)13-11(15)10(8)14-12-6-16/h2-7,10,14H,1H3,(H,12,16)(H,13,15). The third-order valence-corrected chi connectivity index (χ3v) is 2.69. The number of rotatable bonds is 3. The van der Waals surface area contributed by atoms with Crippen LogP contribution in [0.15, 0.2) is 35.6 Å². The molecule has 2 atom stereocenters. The van der Waals surface area contributed by atoms with Crippen LogP contribution in [0.1, 0.15) is 6.92 Å². The number of nitrogens with one attached hydrogen (secondary N) is 3. The molecule has 0 saturated heterocycles. The van der Waals surface area contributed by atoms with Crippen molar-refractivity contribution in [3.05, 3.63) is 35.6 Å². The minimum atomic E-state index is -0.389. The Bertz CT molecular complexity index is 411. The summed E-state index contributed by atoms with van der Waals surface area (Å²) in [6.45, 7) is 2.09. The molecular weight excluding hydrogens is 222 g/mol. The average molecular weight is 235 g/mol. The summed E-state index contributed by atoms with van der Waals surface area (Å²) >= 11 is 4.64. The van der Waals surface area contributed by atoms with Crippen LogP contribution in [0, 0.1) is 5.92 Å². The quantitative estimate of drug-likeness (QED) is 0.494. The van der Waals surface area contributed by atoms with Crippen molar-refractivity contribution in [2.24, 2.45) is 5.92 Å². The highest BCUT2D eigenvalue weighted by Gasteiger charge is 2.30. The van der Waals surface area contributed by atoms with E-state index in [1.807, 2.05) is 18.2 Å². The van der Waals surface area contributed by atoms with E-state index in [9.17, 15) is 4.79 Å². The van der Waals surface area contributed by atoms with E-state index < -0.39 is 0 Å². The number of hydrogen-bond donors (Lipinski definition) is 3. The van der Waals surface area contributed by atoms with E-state index >= 15 is 0 Å². The zero-order chi connectivity index (χ0) is 11.5. The lowest BCUT2D eigenvalue weighted by atomic mass is 10.1. The second-order valence-corrected chi connectivity index (χ2v) is 4.01. The Morgan fingerprint density at radius 2 is 2.19 bits per heavy atom. The normalized spacial score (nSPS) is 27.4. The number of carbonyl (C=O) groups excluding carboxylic acids is 1. The third kappa shape index (κ3) is 2.05. The van der Waals surface area contributed by atoms with Crippen LogP contribution in [0.2, 0.25) is 0 Å². The van der Waals surface area contributed by atoms with Crippen LogP contribution in [0.5, 0.6) is 0 Å². The van der Waals surface area contributed by atoms with Gasteiger partial charge in [-0.2, -0.15) is 0 Å². The summed E-state index contributed by atoms with van der Waals surface area (Å²) in [5.74, 6) is 0.305. The average Bonchev–Trinajstić information content (AvgIpc) is 2.45. The van der Waals surface area contributed by atoms with E-state index in [2.05, 4.69) is 41.4 Å². The Morgan fingerprint density at radius 3 is 2.94 bits per heavy atom. The van der Waals surface area contributed by atoms with E-state index in [0.29, 0.717) is 5.92 Å². The molecular formula is C11H13N3OS. The van der Waals surface area contributed by atoms with Crippen LogP contribution in [0.3, 0.4) is 0 Å². The van der Waals surface area contributed by atoms with Crippen molar-refractivity contribution in [3.63, 3.8) is 0 Å². The lowest BCUT2D eigenvalue weighted by molar-refractivity contribution is -0.120. The topological polar surface area (TPSA) is 53.2 Å². The molecule has 16 heavy (non-hydrogen) atoms. The molecule has 2 unspecified atom stereocenters. The summed E-state index contributed by atoms with van der Waals surface area (Å²) < 4.78 is 0. The zero-order valence-electron chi connectivity index (χ0n) is 8.86. The summed E-state index contributed by atoms with van der Waals surface area (Å²) in [7, 11) is 0. The number of carbonyl (C=O) groups is 1. The minimum absolute atomic E-state index is 0.0711. The molecule has 5 heteroatoms. The smallest absolute Gasteiger partial charge is 0.247 e. The largest absolute Gasteiger partial charge is 0.324 e. The Hall–Kier alpha value is -1.46. The second-order valence-electron chi connectivity index (χ2n) is 3.78. The molecule has 0 fully saturated rings. The Balaban J connectivity index is 2.23. The predicted molar refractivity (Wildman–Crippen MR) is 66.3 cm³/mol. The predicted octanol–water partition coefficient (Wildman–Crippen LogP) is 0.552. The molecule has 0 spiro atoms. The van der Waals surface area contributed by atoms with Gasteiger partial charge in [-0.3, -0.25) is 4.79 Å². The fourth-order valence-electron chi connectivity index (χ4n) is 1.73. The highest BCUT2D eigenvalue weighted by molar-refractivity contribution is 7.78. The lowest BCUT2D eigenvalue weighted by Crippen LogP contribution is -2.45. The molecule has 1 amide bonds. The first-order valence-corrected chi connectivity index (χ1v) is 5.55. The van der Waals surface area contributed by atoms with Gasteiger partial charge in [0.1, 0.15) is 6.04 Å². The highest BCUT2D eigenvalue weighted by Crippen LogP contribution is 2.22. The summed E-state index contributed by atoms with van der Waals surface area (Å²) in [5.41, 5.74) is 8.66. The molecule has 0 aromatic heterocycles. The minimum Gasteiger partial charge on any atom is -0.324 e. The fourth-order valence-corrected chi connectivity index (χ4v) is 1.79. The first kappa shape index (κ1) is 11.0. The molecule has 1 aliphatic carbocycles. The summed E-state index contributed by atoms with van der Waals surface area (Å²) in [5, 5.41) is 2.83. The number of hydrazine groups is 1. The maximum Gasteiger partial charge on any atom is 0.247 e. The highest BCUT2D eigenvalue weighted by atomic mass is 32.1. The molecule has 84 valence electrons. The van der Waals surface area contributed by atoms with Gasteiger partial charge in [0.05, 0.1) is 5.49 Å². The molecule has 0 aromatic carbocycles. The maximum absolute atomic E-state index is 11.7. The zero-order valence-corrected chi connectivity index (χ0v) is 9.67. The fraction of sp³-hybridized carbons (Fsp3) is 0.273. The van der Waals surface area contributed by atoms with Crippen LogP contribution in [-0.4, -0.2) is 17.4 Å². The molecule has 2 rings (SSSR count). The van der Waals surface area contributed by atoms with Gasteiger partial charge >= 0.3 is 0 Å². The molecule has 0 saturated carbocycles. The van der Waals surface area contributed by atoms with Crippen molar-refractivity contribution in [1.29, 1.82) is 0 Å². The van der Waals surface area contributed by atoms with Crippen molar-refractivity contribution in [3.8, 4) is 0 Å². The summed E-state index contributed by atoms with van der Waals surface area (Å²) in [6.07, 6.45) is 8.02. The van der Waals surface area contributed by atoms with E-state index in [4.69, 9.17) is 0 Å². The molecule has 0 radical (unpaired) electrons. The van der Waals surface area contributed by atoms with Crippen molar-refractivity contribution in [1.82, 2.24) is 16.2 Å². The molecule has 1 heterocycles. The van der Waals surface area contributed by atoms with Gasteiger partial charge in [0.15, 0.2) is 0 Å². The Kier molecular flexibility index (Phi) is 3.17. The van der Waals surface area contributed by atoms with E-state index in [1.54, 1.807) is 0 Å². The van der Waals surface area contributed by atoms with Crippen LogP contribution in [0.4, 0.5) is 0 Å². The molecule has 2 aliphatic rings. The van der Waals surface area contributed by atoms with Crippen LogP contribution >= 0.6 is 12.2 Å². The summed E-state index contributed by atoms with van der Waals surface area (Å²) in [6, 6.07) is -0.389. The van der Waals surface area contributed by atoms with E-state index in [1.165, 1.54) is 5.49 Å². The number of amides is 1. The SMILES string of the molecule is CC1C=CC2=C(C=C1)C(NNC=S)C(=O)N2. The number of allylic oxidation sites excluding steroid dienone is 3. The third-order valence-electron chi connectivity index (χ3n) is 2.57. The molecule has 1 aliphatic heterocycles. The molecule has 3 N–H and O–H groups in total. The van der Waals surface area contributed by atoms with Gasteiger partial charge in [-0.25, -0.2) is 5.43 Å². The van der Waals surface area contributed by atoms with Gasteiger partial charge in [0, 0.05) is 11.3 Å². The van der Waals surface area contributed by atoms with Crippen LogP contribution < -0.4 is 16.2 Å². The van der Waals surface area contributed by atoms with Crippen LogP contribution in [-0.2, 0) is 4.79 Å². The van der Waals surface area contributed by atoms with Crippen molar-refractivity contribution in [2.75, 3.05) is 0 Å². The Labute approximate surface area is 99.4 Å². The molecule has 0 bridgehead atoms. The van der Waals surface area contributed by atoms with Gasteiger partial charge in [-0.15, -0.1) is 0 Å². The number of hydrogen-bond acceptors (Lipinski definition) is 3. The van der Waals surface area contributed by atoms with Gasteiger partial charge < -0.3 is 10.7 Å². The summed E-state index contributed by atoms with van der Waals surface area (Å²) in [4.78, 5) is 11.7. The first-order chi connectivity index (χ1) is 7.72. The molecule has 0 aromatic rings. The van der Waals surface area contributed by atoms with Crippen molar-refractivity contribution < 1.29 is 4.79 Å². The van der Waals surface area contributed by atoms with E-state index in [-0.39, 0.29) is 11.9 Å². The van der Waals surface area contributed by atoms with Crippen LogP contribution in [0.25, 0.3) is 0 Å². The number of thiocarbonyl (C=S) groups is 1. The van der Waals surface area contributed by atoms with Gasteiger partial charge in [-0.05, 0) is 12.0 Å². The van der Waals surface area contributed by atoms with Gasteiger partial charge in [-0.1, -0.05) is 37.4 Å². The maximum atomic E-state index is 11.7. The molecule has 4 nitrogen and oxygen atoms in total.